The molecule has 0 bridgehead atoms. The molecule has 0 saturated heterocycles. The van der Waals surface area contributed by atoms with E-state index in [-0.39, 0.29) is 5.60 Å². The molecular weight excluding hydrogens is 102 g/mol. The van der Waals surface area contributed by atoms with E-state index in [2.05, 4.69) is 0 Å². The van der Waals surface area contributed by atoms with Crippen LogP contribution in [0.3, 0.4) is 0 Å². The van der Waals surface area contributed by atoms with Crippen LogP contribution in [0.25, 0.3) is 0 Å². The number of hydrogen-bond acceptors (Lipinski definition) is 2. The first kappa shape index (κ1) is 7.63. The third-order valence-electron chi connectivity index (χ3n) is 0.600. The van der Waals surface area contributed by atoms with E-state index in [0.717, 1.165) is 0 Å². The molecule has 0 aromatic rings. The Bertz CT molecular complexity index is 73.1. The Balaban J connectivity index is 3.24. The van der Waals surface area contributed by atoms with Gasteiger partial charge in [0, 0.05) is 6.21 Å². The summed E-state index contributed by atoms with van der Waals surface area (Å²) >= 11 is 0. The summed E-state index contributed by atoms with van der Waals surface area (Å²) in [7, 11) is 0. The molecule has 0 aromatic carbocycles. The highest BCUT2D eigenvalue weighted by molar-refractivity contribution is 5.54. The fourth-order valence-corrected chi connectivity index (χ4v) is 0.292. The lowest BCUT2D eigenvalue weighted by Gasteiger charge is -2.17. The summed E-state index contributed by atoms with van der Waals surface area (Å²) in [6.07, 6.45) is 1.26. The smallest absolute Gasteiger partial charge is 0.0818 e. The van der Waals surface area contributed by atoms with E-state index in [1.165, 1.54) is 6.21 Å². The lowest BCUT2D eigenvalue weighted by atomic mass is 10.2. The Hall–Kier alpha value is -0.370. The Morgan fingerprint density at radius 1 is 1.50 bits per heavy atom. The molecular formula is C6H13NO. The molecule has 0 saturated carbocycles. The average molecular weight is 115 g/mol. The van der Waals surface area contributed by atoms with Crippen LogP contribution in [0.1, 0.15) is 20.8 Å². The van der Waals surface area contributed by atoms with Gasteiger partial charge in [-0.25, -0.2) is 0 Å². The molecule has 0 aliphatic carbocycles. The van der Waals surface area contributed by atoms with E-state index in [4.69, 9.17) is 10.1 Å². The fourth-order valence-electron chi connectivity index (χ4n) is 0.292. The Morgan fingerprint density at radius 3 is 2.12 bits per heavy atom. The van der Waals surface area contributed by atoms with Crippen LogP contribution in [0.5, 0.6) is 0 Å². The van der Waals surface area contributed by atoms with Crippen LogP contribution in [0.2, 0.25) is 0 Å². The lowest BCUT2D eigenvalue weighted by molar-refractivity contribution is 0.0227. The predicted octanol–water partition coefficient (Wildman–Crippen LogP) is 1.45. The third kappa shape index (κ3) is 5.63. The second-order valence-electron chi connectivity index (χ2n) is 2.63. The summed E-state index contributed by atoms with van der Waals surface area (Å²) in [6.45, 7) is 6.33. The first-order chi connectivity index (χ1) is 3.56. The van der Waals surface area contributed by atoms with Gasteiger partial charge in [-0.2, -0.15) is 0 Å². The zero-order chi connectivity index (χ0) is 6.62. The summed E-state index contributed by atoms with van der Waals surface area (Å²) in [5.41, 5.74) is -0.0997. The van der Waals surface area contributed by atoms with Gasteiger partial charge in [0.1, 0.15) is 0 Å². The van der Waals surface area contributed by atoms with Crippen LogP contribution >= 0.6 is 0 Å². The van der Waals surface area contributed by atoms with Crippen molar-refractivity contribution in [3.8, 4) is 0 Å². The van der Waals surface area contributed by atoms with Gasteiger partial charge < -0.3 is 10.1 Å². The highest BCUT2D eigenvalue weighted by Gasteiger charge is 2.07. The van der Waals surface area contributed by atoms with Crippen LogP contribution in [0.15, 0.2) is 0 Å². The van der Waals surface area contributed by atoms with Gasteiger partial charge in [-0.3, -0.25) is 0 Å². The molecule has 2 nitrogen and oxygen atoms in total. The van der Waals surface area contributed by atoms with Gasteiger partial charge >= 0.3 is 0 Å². The normalized spacial score (nSPS) is 11.4. The maximum atomic E-state index is 6.63. The van der Waals surface area contributed by atoms with Gasteiger partial charge in [0.2, 0.25) is 0 Å². The van der Waals surface area contributed by atoms with Crippen LogP contribution in [-0.4, -0.2) is 18.4 Å². The van der Waals surface area contributed by atoms with E-state index in [0.29, 0.717) is 6.61 Å². The van der Waals surface area contributed by atoms with Crippen molar-refractivity contribution in [2.24, 2.45) is 0 Å². The maximum absolute atomic E-state index is 6.63. The monoisotopic (exact) mass is 115 g/mol. The summed E-state index contributed by atoms with van der Waals surface area (Å²) in [4.78, 5) is 0. The minimum Gasteiger partial charge on any atom is -0.370 e. The number of ether oxygens (including phenoxy) is 1. The van der Waals surface area contributed by atoms with E-state index < -0.39 is 0 Å². The maximum Gasteiger partial charge on any atom is 0.0818 e. The van der Waals surface area contributed by atoms with Crippen molar-refractivity contribution < 1.29 is 4.74 Å². The van der Waals surface area contributed by atoms with Gasteiger partial charge in [0.25, 0.3) is 0 Å². The van der Waals surface area contributed by atoms with Crippen LogP contribution in [0, 0.1) is 5.41 Å². The van der Waals surface area contributed by atoms with E-state index in [1.54, 1.807) is 0 Å². The van der Waals surface area contributed by atoms with Crippen LogP contribution in [0.4, 0.5) is 0 Å². The highest BCUT2D eigenvalue weighted by Crippen LogP contribution is 2.04. The quantitative estimate of drug-likeness (QED) is 0.543. The zero-order valence-corrected chi connectivity index (χ0v) is 5.69. The largest absolute Gasteiger partial charge is 0.370 e. The second kappa shape index (κ2) is 2.82. The molecule has 48 valence electrons. The number of nitrogens with one attached hydrogen (secondary N) is 1. The second-order valence-corrected chi connectivity index (χ2v) is 2.63. The van der Waals surface area contributed by atoms with Crippen molar-refractivity contribution >= 4 is 6.21 Å². The molecule has 0 aliphatic heterocycles. The summed E-state index contributed by atoms with van der Waals surface area (Å²) in [5.74, 6) is 0. The molecule has 0 spiro atoms. The van der Waals surface area contributed by atoms with Gasteiger partial charge in [-0.1, -0.05) is 0 Å². The first-order valence-electron chi connectivity index (χ1n) is 2.69. The molecule has 0 unspecified atom stereocenters. The highest BCUT2D eigenvalue weighted by atomic mass is 16.5. The minimum absolute atomic E-state index is 0.0997. The summed E-state index contributed by atoms with van der Waals surface area (Å²) in [5, 5.41) is 6.63. The first-order valence-corrected chi connectivity index (χ1v) is 2.69. The van der Waals surface area contributed by atoms with Crippen molar-refractivity contribution in [2.45, 2.75) is 26.4 Å². The Labute approximate surface area is 50.4 Å². The lowest BCUT2D eigenvalue weighted by Crippen LogP contribution is -2.19. The van der Waals surface area contributed by atoms with Gasteiger partial charge in [0.05, 0.1) is 12.2 Å². The molecule has 2 heteroatoms. The molecule has 0 radical (unpaired) electrons. The standard InChI is InChI=1S/C6H13NO/c1-6(2,3)8-5-4-7/h4,7H,5H2,1-3H3. The van der Waals surface area contributed by atoms with E-state index >= 15 is 0 Å². The van der Waals surface area contributed by atoms with Crippen molar-refractivity contribution in [1.29, 1.82) is 5.41 Å². The molecule has 0 amide bonds. The average Bonchev–Trinajstić information content (AvgIpc) is 1.59. The molecule has 0 fully saturated rings. The van der Waals surface area contributed by atoms with Crippen LogP contribution < -0.4 is 0 Å². The molecule has 8 heavy (non-hydrogen) atoms. The minimum atomic E-state index is -0.0997. The van der Waals surface area contributed by atoms with Crippen LogP contribution in [-0.2, 0) is 4.74 Å². The molecule has 0 aliphatic rings. The van der Waals surface area contributed by atoms with Crippen molar-refractivity contribution in [2.75, 3.05) is 6.61 Å². The van der Waals surface area contributed by atoms with E-state index in [9.17, 15) is 0 Å². The SMILES string of the molecule is CC(C)(C)OCC=N. The topological polar surface area (TPSA) is 33.1 Å². The molecule has 0 rings (SSSR count). The van der Waals surface area contributed by atoms with E-state index in [1.807, 2.05) is 20.8 Å². The van der Waals surface area contributed by atoms with Crippen molar-refractivity contribution in [1.82, 2.24) is 0 Å². The van der Waals surface area contributed by atoms with Gasteiger partial charge in [0.15, 0.2) is 0 Å². The summed E-state index contributed by atoms with van der Waals surface area (Å²) < 4.78 is 5.14. The predicted molar refractivity (Wildman–Crippen MR) is 34.5 cm³/mol. The molecule has 0 atom stereocenters. The fraction of sp³-hybridized carbons (Fsp3) is 0.833. The Kier molecular flexibility index (Phi) is 2.69. The summed E-state index contributed by atoms with van der Waals surface area (Å²) in [6, 6.07) is 0. The number of rotatable bonds is 2. The Morgan fingerprint density at radius 2 is 2.00 bits per heavy atom. The molecule has 1 N–H and O–H groups in total. The van der Waals surface area contributed by atoms with Gasteiger partial charge in [-0.15, -0.1) is 0 Å². The number of hydrogen-bond donors (Lipinski definition) is 1. The zero-order valence-electron chi connectivity index (χ0n) is 5.69. The third-order valence-corrected chi connectivity index (χ3v) is 0.600. The van der Waals surface area contributed by atoms with Gasteiger partial charge in [-0.05, 0) is 20.8 Å². The van der Waals surface area contributed by atoms with Crippen molar-refractivity contribution in [3.05, 3.63) is 0 Å². The molecule has 0 aromatic heterocycles. The van der Waals surface area contributed by atoms with Crippen molar-refractivity contribution in [3.63, 3.8) is 0 Å². The molecule has 0 heterocycles.